The van der Waals surface area contributed by atoms with Crippen molar-refractivity contribution in [3.63, 3.8) is 0 Å². The van der Waals surface area contributed by atoms with Crippen LogP contribution < -0.4 is 15.2 Å². The lowest BCUT2D eigenvalue weighted by Crippen LogP contribution is -2.05. The molecule has 6 heteroatoms. The Labute approximate surface area is 105 Å². The van der Waals surface area contributed by atoms with E-state index in [1.54, 1.807) is 25.3 Å². The molecule has 0 aliphatic heterocycles. The van der Waals surface area contributed by atoms with Gasteiger partial charge in [0.25, 0.3) is 0 Å². The minimum atomic E-state index is 0.314. The normalized spacial score (nSPS) is 10.4. The molecule has 0 fully saturated rings. The lowest BCUT2D eigenvalue weighted by atomic mass is 10.3. The van der Waals surface area contributed by atoms with Crippen LogP contribution in [0.5, 0.6) is 11.5 Å². The van der Waals surface area contributed by atoms with Crippen LogP contribution >= 0.6 is 0 Å². The van der Waals surface area contributed by atoms with Crippen molar-refractivity contribution in [1.29, 1.82) is 0 Å². The fourth-order valence-corrected chi connectivity index (χ4v) is 1.49. The number of nitrogen functional groups attached to an aromatic ring is 1. The van der Waals surface area contributed by atoms with Crippen LogP contribution in [0.1, 0.15) is 11.6 Å². The average Bonchev–Trinajstić information content (AvgIpc) is 2.69. The molecule has 2 rings (SSSR count). The molecular formula is C12H16N4O2. The van der Waals surface area contributed by atoms with Crippen molar-refractivity contribution < 1.29 is 9.47 Å². The first kappa shape index (κ1) is 12.2. The Morgan fingerprint density at radius 1 is 1.33 bits per heavy atom. The lowest BCUT2D eigenvalue weighted by molar-refractivity contribution is 0.290. The van der Waals surface area contributed by atoms with Gasteiger partial charge in [-0.25, -0.2) is 0 Å². The molecule has 0 aliphatic carbocycles. The van der Waals surface area contributed by atoms with E-state index in [1.807, 2.05) is 18.5 Å². The molecule has 6 nitrogen and oxygen atoms in total. The van der Waals surface area contributed by atoms with E-state index in [2.05, 4.69) is 10.2 Å². The molecule has 0 aliphatic rings. The molecule has 1 aromatic carbocycles. The van der Waals surface area contributed by atoms with Crippen LogP contribution in [0.3, 0.4) is 0 Å². The molecule has 0 spiro atoms. The number of hydrogen-bond acceptors (Lipinski definition) is 5. The van der Waals surface area contributed by atoms with Gasteiger partial charge in [0.05, 0.1) is 12.8 Å². The third-order valence-electron chi connectivity index (χ3n) is 2.76. The summed E-state index contributed by atoms with van der Waals surface area (Å²) in [6, 6.07) is 5.28. The number of anilines is 1. The number of nitrogens with zero attached hydrogens (tertiary/aromatic N) is 3. The van der Waals surface area contributed by atoms with Crippen molar-refractivity contribution in [2.75, 3.05) is 12.8 Å². The quantitative estimate of drug-likeness (QED) is 0.825. The Balaban J connectivity index is 2.12. The number of methoxy groups -OCH3 is 1. The summed E-state index contributed by atoms with van der Waals surface area (Å²) in [5, 5.41) is 7.98. The van der Waals surface area contributed by atoms with E-state index in [0.717, 1.165) is 11.6 Å². The summed E-state index contributed by atoms with van der Waals surface area (Å²) < 4.78 is 12.6. The second kappa shape index (κ2) is 4.95. The first-order valence-corrected chi connectivity index (χ1v) is 5.53. The van der Waals surface area contributed by atoms with Gasteiger partial charge < -0.3 is 19.8 Å². The fraction of sp³-hybridized carbons (Fsp3) is 0.333. The van der Waals surface area contributed by atoms with Gasteiger partial charge in [-0.15, -0.1) is 10.2 Å². The number of aryl methyl sites for hydroxylation is 1. The molecule has 96 valence electrons. The number of nitrogens with two attached hydrogens (primary N) is 1. The molecule has 2 N–H and O–H groups in total. The van der Waals surface area contributed by atoms with Crippen LogP contribution in [0.2, 0.25) is 0 Å². The summed E-state index contributed by atoms with van der Waals surface area (Å²) in [7, 11) is 3.49. The largest absolute Gasteiger partial charge is 0.497 e. The standard InChI is InChI=1S/C12H16N4O2/c1-8-14-15-12(16(8)2)7-18-11-6-9(17-3)4-5-10(11)13/h4-6H,7,13H2,1-3H3. The number of rotatable bonds is 4. The number of hydrogen-bond donors (Lipinski definition) is 1. The third kappa shape index (κ3) is 2.37. The number of ether oxygens (including phenoxy) is 2. The summed E-state index contributed by atoms with van der Waals surface area (Å²) in [4.78, 5) is 0. The molecule has 1 heterocycles. The molecule has 0 unspecified atom stereocenters. The molecule has 0 bridgehead atoms. The van der Waals surface area contributed by atoms with Crippen molar-refractivity contribution in [2.45, 2.75) is 13.5 Å². The first-order chi connectivity index (χ1) is 8.61. The van der Waals surface area contributed by atoms with Crippen LogP contribution in [0.25, 0.3) is 0 Å². The zero-order valence-electron chi connectivity index (χ0n) is 10.7. The van der Waals surface area contributed by atoms with Gasteiger partial charge in [-0.2, -0.15) is 0 Å². The maximum atomic E-state index is 5.83. The van der Waals surface area contributed by atoms with Crippen molar-refractivity contribution in [3.05, 3.63) is 29.8 Å². The van der Waals surface area contributed by atoms with Crippen molar-refractivity contribution >= 4 is 5.69 Å². The molecule has 18 heavy (non-hydrogen) atoms. The predicted octanol–water partition coefficient (Wildman–Crippen LogP) is 1.29. The fourth-order valence-electron chi connectivity index (χ4n) is 1.49. The molecule has 0 radical (unpaired) electrons. The summed E-state index contributed by atoms with van der Waals surface area (Å²) in [5.74, 6) is 2.87. The summed E-state index contributed by atoms with van der Waals surface area (Å²) in [6.07, 6.45) is 0. The average molecular weight is 248 g/mol. The van der Waals surface area contributed by atoms with Crippen LogP contribution in [-0.4, -0.2) is 21.9 Å². The molecule has 0 saturated heterocycles. The molecular weight excluding hydrogens is 232 g/mol. The number of aromatic nitrogens is 3. The zero-order chi connectivity index (χ0) is 13.1. The molecule has 0 amide bonds. The maximum Gasteiger partial charge on any atom is 0.170 e. The van der Waals surface area contributed by atoms with Crippen molar-refractivity contribution in [2.24, 2.45) is 7.05 Å². The molecule has 0 saturated carbocycles. The van der Waals surface area contributed by atoms with Crippen LogP contribution in [0, 0.1) is 6.92 Å². The highest BCUT2D eigenvalue weighted by Gasteiger charge is 2.08. The first-order valence-electron chi connectivity index (χ1n) is 5.53. The van der Waals surface area contributed by atoms with Crippen LogP contribution in [0.15, 0.2) is 18.2 Å². The second-order valence-corrected chi connectivity index (χ2v) is 3.91. The van der Waals surface area contributed by atoms with Gasteiger partial charge in [-0.1, -0.05) is 0 Å². The van der Waals surface area contributed by atoms with Crippen LogP contribution in [-0.2, 0) is 13.7 Å². The van der Waals surface area contributed by atoms with Gasteiger partial charge >= 0.3 is 0 Å². The van der Waals surface area contributed by atoms with Gasteiger partial charge in [0, 0.05) is 13.1 Å². The predicted molar refractivity (Wildman–Crippen MR) is 67.5 cm³/mol. The van der Waals surface area contributed by atoms with E-state index in [-0.39, 0.29) is 0 Å². The zero-order valence-corrected chi connectivity index (χ0v) is 10.7. The van der Waals surface area contributed by atoms with Crippen LogP contribution in [0.4, 0.5) is 5.69 Å². The lowest BCUT2D eigenvalue weighted by Gasteiger charge is -2.10. The van der Waals surface area contributed by atoms with E-state index >= 15 is 0 Å². The van der Waals surface area contributed by atoms with Gasteiger partial charge in [-0.05, 0) is 19.1 Å². The Bertz CT molecular complexity index is 551. The molecule has 2 aromatic rings. The highest BCUT2D eigenvalue weighted by atomic mass is 16.5. The minimum Gasteiger partial charge on any atom is -0.497 e. The van der Waals surface area contributed by atoms with E-state index < -0.39 is 0 Å². The summed E-state index contributed by atoms with van der Waals surface area (Å²) >= 11 is 0. The minimum absolute atomic E-state index is 0.314. The van der Waals surface area contributed by atoms with Crippen molar-refractivity contribution in [1.82, 2.24) is 14.8 Å². The Hall–Kier alpha value is -2.24. The highest BCUT2D eigenvalue weighted by molar-refractivity contribution is 5.55. The Morgan fingerprint density at radius 2 is 2.11 bits per heavy atom. The number of benzene rings is 1. The van der Waals surface area contributed by atoms with Gasteiger partial charge in [0.2, 0.25) is 0 Å². The van der Waals surface area contributed by atoms with Gasteiger partial charge in [0.1, 0.15) is 23.9 Å². The Morgan fingerprint density at radius 3 is 2.72 bits per heavy atom. The topological polar surface area (TPSA) is 75.2 Å². The summed E-state index contributed by atoms with van der Waals surface area (Å²) in [6.45, 7) is 2.20. The SMILES string of the molecule is COc1ccc(N)c(OCc2nnc(C)n2C)c1. The van der Waals surface area contributed by atoms with E-state index in [1.165, 1.54) is 0 Å². The van der Waals surface area contributed by atoms with Gasteiger partial charge in [0.15, 0.2) is 5.82 Å². The third-order valence-corrected chi connectivity index (χ3v) is 2.76. The van der Waals surface area contributed by atoms with E-state index in [0.29, 0.717) is 23.8 Å². The summed E-state index contributed by atoms with van der Waals surface area (Å²) in [5.41, 5.74) is 6.39. The van der Waals surface area contributed by atoms with Crippen molar-refractivity contribution in [3.8, 4) is 11.5 Å². The van der Waals surface area contributed by atoms with E-state index in [4.69, 9.17) is 15.2 Å². The smallest absolute Gasteiger partial charge is 0.170 e. The Kier molecular flexibility index (Phi) is 3.36. The highest BCUT2D eigenvalue weighted by Crippen LogP contribution is 2.27. The monoisotopic (exact) mass is 248 g/mol. The molecule has 1 aromatic heterocycles. The molecule has 0 atom stereocenters. The van der Waals surface area contributed by atoms with E-state index in [9.17, 15) is 0 Å². The maximum absolute atomic E-state index is 5.83. The second-order valence-electron chi connectivity index (χ2n) is 3.91. The van der Waals surface area contributed by atoms with Gasteiger partial charge in [-0.3, -0.25) is 0 Å².